The van der Waals surface area contributed by atoms with E-state index in [1.165, 1.54) is 6.07 Å². The van der Waals surface area contributed by atoms with Crippen molar-refractivity contribution in [1.82, 2.24) is 15.6 Å². The molecular formula is C24H34FIN6O. The van der Waals surface area contributed by atoms with Gasteiger partial charge in [0.05, 0.1) is 0 Å². The Kier molecular flexibility index (Phi) is 9.87. The van der Waals surface area contributed by atoms with E-state index in [-0.39, 0.29) is 47.0 Å². The van der Waals surface area contributed by atoms with Gasteiger partial charge in [-0.15, -0.1) is 24.0 Å². The van der Waals surface area contributed by atoms with Crippen molar-refractivity contribution in [2.75, 3.05) is 31.6 Å². The van der Waals surface area contributed by atoms with E-state index in [4.69, 9.17) is 5.73 Å². The van der Waals surface area contributed by atoms with E-state index >= 15 is 0 Å². The average Bonchev–Trinajstić information content (AvgIpc) is 2.79. The van der Waals surface area contributed by atoms with Gasteiger partial charge in [0.15, 0.2) is 5.96 Å². The smallest absolute Gasteiger partial charge is 0.220 e. The Bertz CT molecular complexity index is 959. The third-order valence-corrected chi connectivity index (χ3v) is 6.04. The number of aromatic nitrogens is 1. The molecule has 0 spiro atoms. The van der Waals surface area contributed by atoms with Gasteiger partial charge in [0.1, 0.15) is 11.6 Å². The molecule has 9 heteroatoms. The number of anilines is 1. The maximum atomic E-state index is 13.6. The number of halogens is 2. The summed E-state index contributed by atoms with van der Waals surface area (Å²) in [4.78, 5) is 22.6. The lowest BCUT2D eigenvalue weighted by Gasteiger charge is -2.32. The van der Waals surface area contributed by atoms with Crippen LogP contribution in [0.2, 0.25) is 0 Å². The topological polar surface area (TPSA) is 95.6 Å². The number of nitrogens with one attached hydrogen (secondary N) is 2. The minimum atomic E-state index is -0.274. The lowest BCUT2D eigenvalue weighted by molar-refractivity contribution is -0.122. The second kappa shape index (κ2) is 12.2. The summed E-state index contributed by atoms with van der Waals surface area (Å²) in [6.45, 7) is 6.79. The first kappa shape index (κ1) is 26.8. The number of rotatable bonds is 7. The molecule has 4 N–H and O–H groups in total. The number of amides is 1. The van der Waals surface area contributed by atoms with Gasteiger partial charge in [0.2, 0.25) is 5.91 Å². The van der Waals surface area contributed by atoms with Crippen LogP contribution in [0.15, 0.2) is 47.6 Å². The summed E-state index contributed by atoms with van der Waals surface area (Å²) in [5, 5.41) is 6.70. The van der Waals surface area contributed by atoms with Crippen molar-refractivity contribution < 1.29 is 9.18 Å². The molecule has 7 nitrogen and oxygen atoms in total. The number of pyridine rings is 1. The lowest BCUT2D eigenvalue weighted by Crippen LogP contribution is -2.43. The number of guanidine groups is 1. The number of hydrogen-bond acceptors (Lipinski definition) is 4. The average molecular weight is 568 g/mol. The zero-order valence-electron chi connectivity index (χ0n) is 19.5. The number of aliphatic imine (C=N–C) groups is 1. The molecular weight excluding hydrogens is 534 g/mol. The molecule has 0 aliphatic carbocycles. The van der Waals surface area contributed by atoms with Crippen LogP contribution < -0.4 is 21.3 Å². The first-order valence-electron chi connectivity index (χ1n) is 11.0. The number of nitrogens with two attached hydrogens (primary N) is 1. The summed E-state index contributed by atoms with van der Waals surface area (Å²) >= 11 is 0. The molecule has 0 saturated carbocycles. The molecule has 1 aliphatic rings. The van der Waals surface area contributed by atoms with Crippen LogP contribution in [0.25, 0.3) is 0 Å². The Morgan fingerprint density at radius 2 is 1.97 bits per heavy atom. The van der Waals surface area contributed by atoms with Gasteiger partial charge in [-0.1, -0.05) is 32.0 Å². The first-order chi connectivity index (χ1) is 15.3. The third kappa shape index (κ3) is 7.28. The second-order valence-corrected chi connectivity index (χ2v) is 8.82. The molecule has 2 aromatic rings. The molecule has 1 saturated heterocycles. The van der Waals surface area contributed by atoms with Gasteiger partial charge in [0, 0.05) is 56.3 Å². The van der Waals surface area contributed by atoms with Crippen LogP contribution in [0.3, 0.4) is 0 Å². The number of primary amides is 1. The van der Waals surface area contributed by atoms with Gasteiger partial charge >= 0.3 is 0 Å². The number of benzene rings is 1. The van der Waals surface area contributed by atoms with Gasteiger partial charge in [-0.3, -0.25) is 9.79 Å². The normalized spacial score (nSPS) is 15.0. The van der Waals surface area contributed by atoms with Crippen LogP contribution in [-0.4, -0.2) is 43.5 Å². The highest BCUT2D eigenvalue weighted by molar-refractivity contribution is 14.0. The molecule has 1 aromatic heterocycles. The van der Waals surface area contributed by atoms with E-state index in [9.17, 15) is 9.18 Å². The predicted octanol–water partition coefficient (Wildman–Crippen LogP) is 3.18. The van der Waals surface area contributed by atoms with Crippen molar-refractivity contribution in [3.63, 3.8) is 0 Å². The maximum Gasteiger partial charge on any atom is 0.220 e. The largest absolute Gasteiger partial charge is 0.369 e. The Morgan fingerprint density at radius 1 is 1.24 bits per heavy atom. The molecule has 1 fully saturated rings. The van der Waals surface area contributed by atoms with Crippen LogP contribution in [0.1, 0.15) is 37.8 Å². The highest BCUT2D eigenvalue weighted by Crippen LogP contribution is 2.25. The van der Waals surface area contributed by atoms with E-state index in [2.05, 4.69) is 39.4 Å². The Hall–Kier alpha value is -2.43. The van der Waals surface area contributed by atoms with Gasteiger partial charge in [-0.2, -0.15) is 0 Å². The van der Waals surface area contributed by atoms with Crippen molar-refractivity contribution in [2.24, 2.45) is 16.6 Å². The van der Waals surface area contributed by atoms with E-state index < -0.39 is 0 Å². The highest BCUT2D eigenvalue weighted by atomic mass is 127. The summed E-state index contributed by atoms with van der Waals surface area (Å²) in [5.74, 6) is 1.07. The molecule has 1 aliphatic heterocycles. The zero-order valence-corrected chi connectivity index (χ0v) is 21.8. The van der Waals surface area contributed by atoms with Gasteiger partial charge in [0.25, 0.3) is 0 Å². The monoisotopic (exact) mass is 568 g/mol. The highest BCUT2D eigenvalue weighted by Gasteiger charge is 2.25. The van der Waals surface area contributed by atoms with Crippen molar-refractivity contribution >= 4 is 41.7 Å². The summed E-state index contributed by atoms with van der Waals surface area (Å²) < 4.78 is 13.6. The van der Waals surface area contributed by atoms with Crippen LogP contribution in [0.5, 0.6) is 0 Å². The molecule has 0 bridgehead atoms. The number of carbonyl (C=O) groups is 1. The molecule has 1 amide bonds. The Morgan fingerprint density at radius 3 is 2.61 bits per heavy atom. The van der Waals surface area contributed by atoms with Gasteiger partial charge in [-0.25, -0.2) is 9.37 Å². The van der Waals surface area contributed by atoms with Crippen LogP contribution >= 0.6 is 24.0 Å². The first-order valence-corrected chi connectivity index (χ1v) is 11.0. The minimum Gasteiger partial charge on any atom is -0.369 e. The predicted molar refractivity (Wildman–Crippen MR) is 141 cm³/mol. The zero-order chi connectivity index (χ0) is 23.1. The molecule has 3 rings (SSSR count). The fourth-order valence-corrected chi connectivity index (χ4v) is 3.94. The van der Waals surface area contributed by atoms with E-state index in [1.54, 1.807) is 25.4 Å². The number of piperidine rings is 1. The van der Waals surface area contributed by atoms with Gasteiger partial charge in [-0.05, 0) is 36.6 Å². The molecule has 33 heavy (non-hydrogen) atoms. The summed E-state index contributed by atoms with van der Waals surface area (Å²) in [6, 6.07) is 10.6. The van der Waals surface area contributed by atoms with E-state index in [0.29, 0.717) is 19.0 Å². The van der Waals surface area contributed by atoms with Crippen LogP contribution in [0.4, 0.5) is 10.2 Å². The third-order valence-electron chi connectivity index (χ3n) is 6.04. The molecule has 180 valence electrons. The molecule has 0 unspecified atom stereocenters. The van der Waals surface area contributed by atoms with Crippen LogP contribution in [-0.2, 0) is 16.8 Å². The minimum absolute atomic E-state index is 0. The number of carbonyl (C=O) groups excluding carboxylic acids is 1. The van der Waals surface area contributed by atoms with Crippen molar-refractivity contribution in [3.05, 3.63) is 59.5 Å². The second-order valence-electron chi connectivity index (χ2n) is 8.82. The molecule has 0 atom stereocenters. The molecule has 2 heterocycles. The Balaban J connectivity index is 0.00000385. The summed E-state index contributed by atoms with van der Waals surface area (Å²) in [5.41, 5.74) is 7.16. The standard InChI is InChI=1S/C24H33FN6O.HI/c1-24(2,19-7-4-8-20(25)14-19)16-30-23(27-3)29-15-18-6-5-11-28-22(18)31-12-9-17(10-13-31)21(26)32;/h4-8,11,14,17H,9-10,12-13,15-16H2,1-3H3,(H2,26,32)(H2,27,29,30);1H. The van der Waals surface area contributed by atoms with Crippen molar-refractivity contribution in [3.8, 4) is 0 Å². The van der Waals surface area contributed by atoms with Gasteiger partial charge < -0.3 is 21.3 Å². The van der Waals surface area contributed by atoms with E-state index in [1.807, 2.05) is 18.2 Å². The SMILES string of the molecule is CN=C(NCc1cccnc1N1CCC(C(N)=O)CC1)NCC(C)(C)c1cccc(F)c1.I. The Labute approximate surface area is 212 Å². The fourth-order valence-electron chi connectivity index (χ4n) is 3.94. The van der Waals surface area contributed by atoms with E-state index in [0.717, 1.165) is 42.9 Å². The van der Waals surface area contributed by atoms with Crippen molar-refractivity contribution in [1.29, 1.82) is 0 Å². The molecule has 1 aromatic carbocycles. The van der Waals surface area contributed by atoms with Crippen LogP contribution in [0, 0.1) is 11.7 Å². The number of nitrogens with zero attached hydrogens (tertiary/aromatic N) is 3. The van der Waals surface area contributed by atoms with Crippen molar-refractivity contribution in [2.45, 2.75) is 38.6 Å². The molecule has 0 radical (unpaired) electrons. The summed E-state index contributed by atoms with van der Waals surface area (Å²) in [6.07, 6.45) is 3.28. The fraction of sp³-hybridized carbons (Fsp3) is 0.458. The quantitative estimate of drug-likeness (QED) is 0.271. The summed E-state index contributed by atoms with van der Waals surface area (Å²) in [7, 11) is 1.73. The lowest BCUT2D eigenvalue weighted by atomic mass is 9.84. The maximum absolute atomic E-state index is 13.6. The number of hydrogen-bond donors (Lipinski definition) is 3.